The van der Waals surface area contributed by atoms with Gasteiger partial charge in [-0.15, -0.1) is 0 Å². The molecule has 66 valence electrons. The van der Waals surface area contributed by atoms with Gasteiger partial charge in [0, 0.05) is 11.1 Å². The van der Waals surface area contributed by atoms with Crippen LogP contribution in [0.4, 0.5) is 5.69 Å². The van der Waals surface area contributed by atoms with E-state index in [9.17, 15) is 0 Å². The summed E-state index contributed by atoms with van der Waals surface area (Å²) in [6, 6.07) is 14.1. The highest BCUT2D eigenvalue weighted by Crippen LogP contribution is 2.19. The van der Waals surface area contributed by atoms with E-state index in [1.165, 1.54) is 5.39 Å². The molecule has 2 aromatic rings. The van der Waals surface area contributed by atoms with Gasteiger partial charge in [-0.25, -0.2) is 11.1 Å². The van der Waals surface area contributed by atoms with Gasteiger partial charge in [0.15, 0.2) is 0 Å². The summed E-state index contributed by atoms with van der Waals surface area (Å²) in [5, 5.41) is 2.34. The van der Waals surface area contributed by atoms with Gasteiger partial charge in [0.05, 0.1) is 0 Å². The third-order valence-corrected chi connectivity index (χ3v) is 1.82. The molecular weight excluding hydrogens is 162 g/mol. The molecule has 13 heavy (non-hydrogen) atoms. The second-order valence-corrected chi connectivity index (χ2v) is 2.57. The van der Waals surface area contributed by atoms with Crippen LogP contribution in [0.3, 0.4) is 0 Å². The maximum Gasteiger partial charge on any atom is 0.0393 e. The van der Waals surface area contributed by atoms with Crippen molar-refractivity contribution in [1.29, 1.82) is 11.1 Å². The Kier molecular flexibility index (Phi) is 2.97. The van der Waals surface area contributed by atoms with Crippen LogP contribution in [0.5, 0.6) is 0 Å². The monoisotopic (exact) mass is 173 g/mol. The van der Waals surface area contributed by atoms with Crippen LogP contribution in [0.25, 0.3) is 10.8 Å². The minimum Gasteiger partial charge on any atom is -0.398 e. The highest BCUT2D eigenvalue weighted by atomic mass is 14.7. The lowest BCUT2D eigenvalue weighted by molar-refractivity contribution is 1.05. The van der Waals surface area contributed by atoms with E-state index in [0.717, 1.165) is 11.1 Å². The Morgan fingerprint density at radius 1 is 0.846 bits per heavy atom. The van der Waals surface area contributed by atoms with Crippen molar-refractivity contribution in [3.8, 4) is 0 Å². The minimum atomic E-state index is 0.850. The van der Waals surface area contributed by atoms with Crippen LogP contribution in [0.2, 0.25) is 0 Å². The fourth-order valence-electron chi connectivity index (χ4n) is 1.25. The Hall–Kier alpha value is -1.90. The zero-order chi connectivity index (χ0) is 9.68. The lowest BCUT2D eigenvalue weighted by Crippen LogP contribution is -1.84. The Balaban J connectivity index is 0.000000396. The first kappa shape index (κ1) is 9.19. The maximum absolute atomic E-state index is 5.76. The molecule has 0 aliphatic rings. The van der Waals surface area contributed by atoms with Gasteiger partial charge in [0.1, 0.15) is 0 Å². The van der Waals surface area contributed by atoms with Gasteiger partial charge in [-0.2, -0.15) is 0 Å². The molecule has 0 aliphatic heterocycles. The van der Waals surface area contributed by atoms with Crippen molar-refractivity contribution in [3.05, 3.63) is 42.5 Å². The summed E-state index contributed by atoms with van der Waals surface area (Å²) in [7, 11) is 0. The van der Waals surface area contributed by atoms with Crippen LogP contribution in [-0.2, 0) is 0 Å². The number of hydrogen-bond acceptors (Lipinski definition) is 3. The summed E-state index contributed by atoms with van der Waals surface area (Å²) in [6.07, 6.45) is 0. The van der Waals surface area contributed by atoms with Crippen molar-refractivity contribution in [2.75, 3.05) is 5.73 Å². The summed E-state index contributed by atoms with van der Waals surface area (Å²) >= 11 is 0. The summed E-state index contributed by atoms with van der Waals surface area (Å²) in [5.74, 6) is 0. The van der Waals surface area contributed by atoms with Crippen LogP contribution in [-0.4, -0.2) is 0 Å². The normalized spacial score (nSPS) is 8.92. The summed E-state index contributed by atoms with van der Waals surface area (Å²) in [4.78, 5) is 0. The zero-order valence-corrected chi connectivity index (χ0v) is 7.12. The fourth-order valence-corrected chi connectivity index (χ4v) is 1.25. The Bertz CT molecular complexity index is 393. The molecule has 0 saturated carbocycles. The molecule has 0 bridgehead atoms. The van der Waals surface area contributed by atoms with E-state index in [1.807, 2.05) is 30.3 Å². The van der Waals surface area contributed by atoms with Crippen molar-refractivity contribution < 1.29 is 0 Å². The molecule has 0 fully saturated rings. The molecule has 4 N–H and O–H groups in total. The van der Waals surface area contributed by atoms with Crippen molar-refractivity contribution in [3.63, 3.8) is 0 Å². The van der Waals surface area contributed by atoms with Crippen molar-refractivity contribution in [1.82, 2.24) is 0 Å². The first-order chi connectivity index (χ1) is 6.38. The molecule has 0 radical (unpaired) electrons. The van der Waals surface area contributed by atoms with Gasteiger partial charge in [-0.3, -0.25) is 0 Å². The van der Waals surface area contributed by atoms with Crippen LogP contribution in [0.15, 0.2) is 42.5 Å². The third kappa shape index (κ3) is 1.82. The van der Waals surface area contributed by atoms with Gasteiger partial charge in [-0.05, 0) is 11.5 Å². The molecule has 2 aromatic carbocycles. The Morgan fingerprint density at radius 2 is 1.46 bits per heavy atom. The second-order valence-electron chi connectivity index (χ2n) is 2.57. The lowest BCUT2D eigenvalue weighted by Gasteiger charge is -1.98. The average molecular weight is 173 g/mol. The first-order valence-corrected chi connectivity index (χ1v) is 3.86. The maximum atomic E-state index is 5.76. The van der Waals surface area contributed by atoms with E-state index in [0.29, 0.717) is 0 Å². The molecule has 0 heterocycles. The molecule has 0 atom stereocenters. The number of nitrogens with one attached hydrogen (secondary N) is 2. The van der Waals surface area contributed by atoms with Gasteiger partial charge in [0.25, 0.3) is 0 Å². The molecule has 2 rings (SSSR count). The summed E-state index contributed by atoms with van der Waals surface area (Å²) in [5.41, 5.74) is 16.6. The van der Waals surface area contributed by atoms with Crippen molar-refractivity contribution in [2.45, 2.75) is 0 Å². The number of nitrogen functional groups attached to an aromatic ring is 1. The second kappa shape index (κ2) is 4.21. The van der Waals surface area contributed by atoms with Crippen LogP contribution >= 0.6 is 0 Å². The SMILES string of the molecule is N=N.Nc1cccc2ccccc12. The van der Waals surface area contributed by atoms with Crippen LogP contribution in [0, 0.1) is 11.1 Å². The standard InChI is InChI=1S/C10H9N.H2N2/c11-10-7-3-5-8-4-1-2-6-9(8)10;1-2/h1-7H,11H2;1-2H. The number of hydrogen-bond donors (Lipinski definition) is 3. The first-order valence-electron chi connectivity index (χ1n) is 3.86. The van der Waals surface area contributed by atoms with Crippen LogP contribution < -0.4 is 5.73 Å². The van der Waals surface area contributed by atoms with Crippen molar-refractivity contribution >= 4 is 16.5 Å². The van der Waals surface area contributed by atoms with Gasteiger partial charge >= 0.3 is 0 Å². The molecule has 0 spiro atoms. The van der Waals surface area contributed by atoms with E-state index in [-0.39, 0.29) is 0 Å². The molecule has 3 heteroatoms. The van der Waals surface area contributed by atoms with Gasteiger partial charge in [-0.1, -0.05) is 36.4 Å². The number of nitrogens with two attached hydrogens (primary N) is 1. The highest BCUT2D eigenvalue weighted by Gasteiger charge is 1.92. The van der Waals surface area contributed by atoms with E-state index < -0.39 is 0 Å². The summed E-state index contributed by atoms with van der Waals surface area (Å²) < 4.78 is 0. The molecule has 0 aromatic heterocycles. The van der Waals surface area contributed by atoms with Crippen LogP contribution in [0.1, 0.15) is 0 Å². The smallest absolute Gasteiger partial charge is 0.0393 e. The molecule has 0 amide bonds. The topological polar surface area (TPSA) is 73.7 Å². The minimum absolute atomic E-state index is 0.850. The Labute approximate surface area is 76.5 Å². The van der Waals surface area contributed by atoms with Crippen molar-refractivity contribution in [2.24, 2.45) is 0 Å². The average Bonchev–Trinajstić information content (AvgIpc) is 2.22. The van der Waals surface area contributed by atoms with E-state index in [1.54, 1.807) is 0 Å². The van der Waals surface area contributed by atoms with Gasteiger partial charge < -0.3 is 5.73 Å². The summed E-state index contributed by atoms with van der Waals surface area (Å²) in [6.45, 7) is 0. The van der Waals surface area contributed by atoms with E-state index in [2.05, 4.69) is 12.1 Å². The molecule has 0 saturated heterocycles. The molecule has 0 unspecified atom stereocenters. The predicted molar refractivity (Wildman–Crippen MR) is 53.8 cm³/mol. The predicted octanol–water partition coefficient (Wildman–Crippen LogP) is 3.02. The number of anilines is 1. The Morgan fingerprint density at radius 3 is 2.15 bits per heavy atom. The van der Waals surface area contributed by atoms with E-state index in [4.69, 9.17) is 16.8 Å². The van der Waals surface area contributed by atoms with Gasteiger partial charge in [0.2, 0.25) is 0 Å². The molecule has 3 nitrogen and oxygen atoms in total. The molecular formula is C10H11N3. The largest absolute Gasteiger partial charge is 0.398 e. The fraction of sp³-hybridized carbons (Fsp3) is 0. The lowest BCUT2D eigenvalue weighted by atomic mass is 10.1. The quantitative estimate of drug-likeness (QED) is 0.415. The number of benzene rings is 2. The molecule has 0 aliphatic carbocycles. The highest BCUT2D eigenvalue weighted by molar-refractivity contribution is 5.92. The zero-order valence-electron chi connectivity index (χ0n) is 7.12. The number of rotatable bonds is 0. The van der Waals surface area contributed by atoms with E-state index >= 15 is 0 Å². The third-order valence-electron chi connectivity index (χ3n) is 1.82. The number of fused-ring (bicyclic) bond motifs is 1.